The van der Waals surface area contributed by atoms with Crippen molar-refractivity contribution in [3.8, 4) is 0 Å². The molecule has 3 aliphatic carbocycles. The summed E-state index contributed by atoms with van der Waals surface area (Å²) < 4.78 is 0. The lowest BCUT2D eigenvalue weighted by Gasteiger charge is -2.46. The Kier molecular flexibility index (Phi) is 7.37. The summed E-state index contributed by atoms with van der Waals surface area (Å²) in [6.07, 6.45) is 13.5. The quantitative estimate of drug-likeness (QED) is 0.520. The molecule has 0 saturated heterocycles. The number of hydrogen-bond donors (Lipinski definition) is 3. The summed E-state index contributed by atoms with van der Waals surface area (Å²) in [7, 11) is 0. The van der Waals surface area contributed by atoms with Crippen molar-refractivity contribution in [2.75, 3.05) is 0 Å². The standard InChI is InChI=1S/C27H44O3/c1-18-8-11-22(28)15-20(18)9-10-21-16-23(29)17-27(5)24(12-13-25(21)27)19(2)7-6-14-26(3,4)30/h9-10,19,22-25,28-30H,1,6-8,11-17H2,2-5H3/b20-9-,21-10?/t19-,22+,23+,24-,25?,27-/m1/s1. The molecule has 3 aliphatic rings. The molecule has 1 unspecified atom stereocenters. The molecule has 3 saturated carbocycles. The van der Waals surface area contributed by atoms with Crippen molar-refractivity contribution in [2.24, 2.45) is 23.2 Å². The molecule has 170 valence electrons. The highest BCUT2D eigenvalue weighted by Gasteiger charge is 2.52. The van der Waals surface area contributed by atoms with Crippen molar-refractivity contribution in [1.29, 1.82) is 0 Å². The molecule has 3 rings (SSSR count). The van der Waals surface area contributed by atoms with E-state index in [0.717, 1.165) is 50.5 Å². The lowest BCUT2D eigenvalue weighted by atomic mass is 9.60. The van der Waals surface area contributed by atoms with Gasteiger partial charge >= 0.3 is 0 Å². The number of fused-ring (bicyclic) bond motifs is 1. The first-order valence-electron chi connectivity index (χ1n) is 12.2. The van der Waals surface area contributed by atoms with Crippen LogP contribution in [0.15, 0.2) is 35.5 Å². The van der Waals surface area contributed by atoms with Crippen molar-refractivity contribution < 1.29 is 15.3 Å². The SMILES string of the molecule is C=C1CC[C@H](O)C/C1=C/C=C1C[C@H](O)C[C@@]2(C)C1CC[C@@H]2[C@H](C)CCCC(C)(C)O. The van der Waals surface area contributed by atoms with Gasteiger partial charge in [-0.05, 0) is 94.0 Å². The molecule has 30 heavy (non-hydrogen) atoms. The molecule has 3 nitrogen and oxygen atoms in total. The van der Waals surface area contributed by atoms with Crippen LogP contribution >= 0.6 is 0 Å². The van der Waals surface area contributed by atoms with E-state index in [-0.39, 0.29) is 17.6 Å². The maximum Gasteiger partial charge on any atom is 0.0591 e. The van der Waals surface area contributed by atoms with Crippen LogP contribution in [0.4, 0.5) is 0 Å². The van der Waals surface area contributed by atoms with Crippen LogP contribution in [0.3, 0.4) is 0 Å². The minimum Gasteiger partial charge on any atom is -0.393 e. The molecule has 0 heterocycles. The third-order valence-electron chi connectivity index (χ3n) is 8.33. The van der Waals surface area contributed by atoms with Crippen LogP contribution in [0.5, 0.6) is 0 Å². The Morgan fingerprint density at radius 1 is 1.13 bits per heavy atom. The predicted octanol–water partition coefficient (Wildman–Crippen LogP) is 5.70. The zero-order valence-electron chi connectivity index (χ0n) is 19.7. The highest BCUT2D eigenvalue weighted by atomic mass is 16.3. The van der Waals surface area contributed by atoms with Gasteiger partial charge in [-0.2, -0.15) is 0 Å². The average Bonchev–Trinajstić information content (AvgIpc) is 2.97. The molecule has 0 spiro atoms. The smallest absolute Gasteiger partial charge is 0.0591 e. The van der Waals surface area contributed by atoms with Gasteiger partial charge in [0.2, 0.25) is 0 Å². The Labute approximate surface area is 184 Å². The highest BCUT2D eigenvalue weighted by molar-refractivity contribution is 5.36. The topological polar surface area (TPSA) is 60.7 Å². The summed E-state index contributed by atoms with van der Waals surface area (Å²) in [5.41, 5.74) is 3.30. The second-order valence-electron chi connectivity index (χ2n) is 11.4. The van der Waals surface area contributed by atoms with Gasteiger partial charge in [0, 0.05) is 0 Å². The van der Waals surface area contributed by atoms with Crippen molar-refractivity contribution in [3.05, 3.63) is 35.5 Å². The first kappa shape index (κ1) is 23.8. The van der Waals surface area contributed by atoms with E-state index in [1.54, 1.807) is 0 Å². The monoisotopic (exact) mass is 416 g/mol. The normalized spacial score (nSPS) is 38.8. The van der Waals surface area contributed by atoms with Gasteiger partial charge in [-0.3, -0.25) is 0 Å². The van der Waals surface area contributed by atoms with Crippen LogP contribution in [0.25, 0.3) is 0 Å². The van der Waals surface area contributed by atoms with Gasteiger partial charge < -0.3 is 15.3 Å². The van der Waals surface area contributed by atoms with Crippen molar-refractivity contribution in [3.63, 3.8) is 0 Å². The van der Waals surface area contributed by atoms with Crippen LogP contribution in [0.2, 0.25) is 0 Å². The van der Waals surface area contributed by atoms with Crippen LogP contribution in [-0.2, 0) is 0 Å². The molecule has 0 aromatic carbocycles. The number of aliphatic hydroxyl groups is 3. The number of allylic oxidation sites excluding steroid dienone is 3. The summed E-state index contributed by atoms with van der Waals surface area (Å²) in [6, 6.07) is 0. The van der Waals surface area contributed by atoms with E-state index in [4.69, 9.17) is 0 Å². The Morgan fingerprint density at radius 3 is 2.57 bits per heavy atom. The van der Waals surface area contributed by atoms with Gasteiger partial charge in [0.05, 0.1) is 17.8 Å². The van der Waals surface area contributed by atoms with Gasteiger partial charge in [0.25, 0.3) is 0 Å². The number of rotatable bonds is 6. The van der Waals surface area contributed by atoms with E-state index in [1.807, 2.05) is 13.8 Å². The lowest BCUT2D eigenvalue weighted by molar-refractivity contribution is 0.0147. The van der Waals surface area contributed by atoms with E-state index in [9.17, 15) is 15.3 Å². The minimum absolute atomic E-state index is 0.152. The molecule has 3 N–H and O–H groups in total. The van der Waals surface area contributed by atoms with Crippen LogP contribution in [-0.4, -0.2) is 33.1 Å². The van der Waals surface area contributed by atoms with E-state index in [2.05, 4.69) is 32.6 Å². The molecule has 0 amide bonds. The van der Waals surface area contributed by atoms with E-state index >= 15 is 0 Å². The van der Waals surface area contributed by atoms with Gasteiger partial charge in [0.15, 0.2) is 0 Å². The predicted molar refractivity (Wildman–Crippen MR) is 124 cm³/mol. The van der Waals surface area contributed by atoms with Gasteiger partial charge in [-0.15, -0.1) is 0 Å². The van der Waals surface area contributed by atoms with Gasteiger partial charge in [0.1, 0.15) is 0 Å². The Morgan fingerprint density at radius 2 is 1.87 bits per heavy atom. The van der Waals surface area contributed by atoms with Crippen molar-refractivity contribution in [1.82, 2.24) is 0 Å². The molecular formula is C27H44O3. The first-order chi connectivity index (χ1) is 14.0. The second-order valence-corrected chi connectivity index (χ2v) is 11.4. The van der Waals surface area contributed by atoms with Crippen LogP contribution < -0.4 is 0 Å². The fourth-order valence-electron chi connectivity index (χ4n) is 6.73. The Balaban J connectivity index is 1.73. The molecule has 6 atom stereocenters. The Hall–Kier alpha value is -0.900. The molecular weight excluding hydrogens is 372 g/mol. The van der Waals surface area contributed by atoms with Crippen LogP contribution in [0, 0.1) is 23.2 Å². The minimum atomic E-state index is -0.580. The molecule has 0 radical (unpaired) electrons. The summed E-state index contributed by atoms with van der Waals surface area (Å²) in [6.45, 7) is 12.8. The zero-order valence-corrected chi connectivity index (χ0v) is 19.7. The Bertz CT molecular complexity index is 683. The third-order valence-corrected chi connectivity index (χ3v) is 8.33. The average molecular weight is 417 g/mol. The lowest BCUT2D eigenvalue weighted by Crippen LogP contribution is -2.41. The van der Waals surface area contributed by atoms with E-state index in [1.165, 1.54) is 24.0 Å². The number of aliphatic hydroxyl groups excluding tert-OH is 2. The first-order valence-corrected chi connectivity index (χ1v) is 12.2. The zero-order chi connectivity index (χ0) is 22.1. The molecule has 0 aliphatic heterocycles. The second kappa shape index (κ2) is 9.30. The van der Waals surface area contributed by atoms with Gasteiger partial charge in [-0.1, -0.05) is 56.6 Å². The fourth-order valence-corrected chi connectivity index (χ4v) is 6.73. The largest absolute Gasteiger partial charge is 0.393 e. The molecule has 0 aromatic heterocycles. The van der Waals surface area contributed by atoms with Gasteiger partial charge in [-0.25, -0.2) is 0 Å². The maximum atomic E-state index is 10.8. The van der Waals surface area contributed by atoms with Crippen molar-refractivity contribution >= 4 is 0 Å². The van der Waals surface area contributed by atoms with Crippen LogP contribution in [0.1, 0.15) is 91.9 Å². The fraction of sp³-hybridized carbons (Fsp3) is 0.778. The van der Waals surface area contributed by atoms with E-state index in [0.29, 0.717) is 24.2 Å². The van der Waals surface area contributed by atoms with E-state index < -0.39 is 5.60 Å². The molecule has 0 aromatic rings. The molecule has 3 fully saturated rings. The summed E-state index contributed by atoms with van der Waals surface area (Å²) in [5, 5.41) is 30.8. The summed E-state index contributed by atoms with van der Waals surface area (Å²) in [4.78, 5) is 0. The molecule has 0 bridgehead atoms. The number of hydrogen-bond acceptors (Lipinski definition) is 3. The maximum absolute atomic E-state index is 10.8. The highest BCUT2D eigenvalue weighted by Crippen LogP contribution is 2.60. The third kappa shape index (κ3) is 5.47. The molecule has 3 heteroatoms. The van der Waals surface area contributed by atoms with Crippen molar-refractivity contribution in [2.45, 2.75) is 110 Å². The summed E-state index contributed by atoms with van der Waals surface area (Å²) >= 11 is 0. The summed E-state index contributed by atoms with van der Waals surface area (Å²) in [5.74, 6) is 1.78.